The predicted molar refractivity (Wildman–Crippen MR) is 83.0 cm³/mol. The number of imidazole rings is 1. The van der Waals surface area contributed by atoms with Gasteiger partial charge in [0.05, 0.1) is 6.61 Å². The molecular weight excluding hydrogens is 250 g/mol. The number of aryl methyl sites for hydroxylation is 1. The van der Waals surface area contributed by atoms with Crippen LogP contribution in [0.1, 0.15) is 39.6 Å². The van der Waals surface area contributed by atoms with Crippen LogP contribution in [-0.4, -0.2) is 16.2 Å². The van der Waals surface area contributed by atoms with Gasteiger partial charge in [-0.3, -0.25) is 0 Å². The first-order valence-corrected chi connectivity index (χ1v) is 7.18. The molecule has 108 valence electrons. The molecule has 0 fully saturated rings. The van der Waals surface area contributed by atoms with E-state index in [-0.39, 0.29) is 0 Å². The fourth-order valence-corrected chi connectivity index (χ4v) is 2.41. The first kappa shape index (κ1) is 14.4. The topological polar surface area (TPSA) is 53.1 Å². The highest BCUT2D eigenvalue weighted by Gasteiger charge is 2.16. The third kappa shape index (κ3) is 2.64. The highest BCUT2D eigenvalue weighted by atomic mass is 16.5. The summed E-state index contributed by atoms with van der Waals surface area (Å²) in [7, 11) is 0. The molecule has 20 heavy (non-hydrogen) atoms. The minimum atomic E-state index is 0.314. The molecular formula is C16H23N3O. The zero-order valence-electron chi connectivity index (χ0n) is 12.7. The van der Waals surface area contributed by atoms with E-state index in [2.05, 4.69) is 25.3 Å². The van der Waals surface area contributed by atoms with Gasteiger partial charge in [0, 0.05) is 18.0 Å². The van der Waals surface area contributed by atoms with Crippen molar-refractivity contribution in [3.8, 4) is 17.0 Å². The van der Waals surface area contributed by atoms with Crippen molar-refractivity contribution in [3.63, 3.8) is 0 Å². The summed E-state index contributed by atoms with van der Waals surface area (Å²) in [5.74, 6) is 2.64. The second-order valence-electron chi connectivity index (χ2n) is 5.04. The third-order valence-electron chi connectivity index (χ3n) is 3.29. The maximum atomic E-state index is 6.28. The Morgan fingerprint density at radius 3 is 2.30 bits per heavy atom. The van der Waals surface area contributed by atoms with Crippen molar-refractivity contribution in [2.45, 2.75) is 40.2 Å². The van der Waals surface area contributed by atoms with Crippen LogP contribution in [0.2, 0.25) is 0 Å². The van der Waals surface area contributed by atoms with Crippen molar-refractivity contribution in [2.75, 3.05) is 12.3 Å². The number of nitrogens with two attached hydrogens (primary N) is 1. The molecule has 0 saturated carbocycles. The molecule has 0 atom stereocenters. The molecule has 1 aromatic carbocycles. The summed E-state index contributed by atoms with van der Waals surface area (Å²) in [6.07, 6.45) is 0.874. The van der Waals surface area contributed by atoms with Gasteiger partial charge >= 0.3 is 0 Å². The minimum Gasteiger partial charge on any atom is -0.494 e. The molecule has 0 radical (unpaired) electrons. The van der Waals surface area contributed by atoms with Gasteiger partial charge in [-0.05, 0) is 45.0 Å². The molecule has 0 aliphatic heterocycles. The minimum absolute atomic E-state index is 0.314. The number of anilines is 1. The van der Waals surface area contributed by atoms with Gasteiger partial charge in [0.25, 0.3) is 0 Å². The van der Waals surface area contributed by atoms with Crippen molar-refractivity contribution >= 4 is 5.82 Å². The van der Waals surface area contributed by atoms with E-state index < -0.39 is 0 Å². The molecule has 0 aliphatic rings. The first-order valence-electron chi connectivity index (χ1n) is 7.18. The maximum Gasteiger partial charge on any atom is 0.131 e. The molecule has 2 aromatic rings. The lowest BCUT2D eigenvalue weighted by atomic mass is 10.1. The summed E-state index contributed by atoms with van der Waals surface area (Å²) in [4.78, 5) is 4.69. The Hall–Kier alpha value is -1.97. The first-order chi connectivity index (χ1) is 9.58. The lowest BCUT2D eigenvalue weighted by Crippen LogP contribution is -2.08. The van der Waals surface area contributed by atoms with Crippen molar-refractivity contribution in [3.05, 3.63) is 30.1 Å². The Labute approximate surface area is 120 Å². The Morgan fingerprint density at radius 1 is 1.20 bits per heavy atom. The molecule has 0 amide bonds. The molecule has 2 N–H and O–H groups in total. The van der Waals surface area contributed by atoms with E-state index in [1.165, 1.54) is 0 Å². The predicted octanol–water partition coefficient (Wildman–Crippen LogP) is 3.67. The number of ether oxygens (including phenoxy) is 1. The van der Waals surface area contributed by atoms with Crippen molar-refractivity contribution in [1.82, 2.24) is 9.55 Å². The van der Waals surface area contributed by atoms with Gasteiger partial charge in [0.2, 0.25) is 0 Å². The fraction of sp³-hybridized carbons (Fsp3) is 0.438. The van der Waals surface area contributed by atoms with Gasteiger partial charge in [-0.1, -0.05) is 6.92 Å². The summed E-state index contributed by atoms with van der Waals surface area (Å²) < 4.78 is 7.56. The molecule has 0 unspecified atom stereocenters. The monoisotopic (exact) mass is 273 g/mol. The number of aromatic nitrogens is 2. The summed E-state index contributed by atoms with van der Waals surface area (Å²) in [5.41, 5.74) is 8.17. The second kappa shape index (κ2) is 5.99. The van der Waals surface area contributed by atoms with Crippen LogP contribution in [0.4, 0.5) is 5.82 Å². The molecule has 2 rings (SSSR count). The summed E-state index contributed by atoms with van der Waals surface area (Å²) in [6, 6.07) is 8.24. The van der Waals surface area contributed by atoms with E-state index in [1.807, 2.05) is 31.2 Å². The Bertz CT molecular complexity index is 570. The van der Waals surface area contributed by atoms with E-state index in [9.17, 15) is 0 Å². The van der Waals surface area contributed by atoms with Crippen LogP contribution >= 0.6 is 0 Å². The number of hydrogen-bond acceptors (Lipinski definition) is 3. The molecule has 4 nitrogen and oxygen atoms in total. The van der Waals surface area contributed by atoms with Crippen molar-refractivity contribution in [2.24, 2.45) is 0 Å². The van der Waals surface area contributed by atoms with Crippen molar-refractivity contribution in [1.29, 1.82) is 0 Å². The third-order valence-corrected chi connectivity index (χ3v) is 3.29. The van der Waals surface area contributed by atoms with E-state index in [0.29, 0.717) is 12.6 Å². The highest BCUT2D eigenvalue weighted by molar-refractivity contribution is 5.71. The van der Waals surface area contributed by atoms with Gasteiger partial charge in [0.1, 0.15) is 23.1 Å². The van der Waals surface area contributed by atoms with Gasteiger partial charge < -0.3 is 15.0 Å². The van der Waals surface area contributed by atoms with E-state index in [1.54, 1.807) is 0 Å². The van der Waals surface area contributed by atoms with Gasteiger partial charge in [0.15, 0.2) is 0 Å². The maximum absolute atomic E-state index is 6.28. The van der Waals surface area contributed by atoms with Crippen LogP contribution in [-0.2, 0) is 6.42 Å². The number of hydrogen-bond donors (Lipinski definition) is 1. The fourth-order valence-electron chi connectivity index (χ4n) is 2.41. The van der Waals surface area contributed by atoms with Crippen LogP contribution in [0, 0.1) is 0 Å². The van der Waals surface area contributed by atoms with Crippen LogP contribution in [0.25, 0.3) is 11.3 Å². The number of nitrogen functional groups attached to an aromatic ring is 1. The number of nitrogens with zero attached hydrogens (tertiary/aromatic N) is 2. The molecule has 0 bridgehead atoms. The SMILES string of the molecule is CCOc1ccc(-c2nc(CC)n(C(C)C)c2N)cc1. The van der Waals surface area contributed by atoms with Crippen LogP contribution < -0.4 is 10.5 Å². The average Bonchev–Trinajstić information content (AvgIpc) is 2.77. The molecule has 4 heteroatoms. The van der Waals surface area contributed by atoms with Crippen LogP contribution in [0.15, 0.2) is 24.3 Å². The largest absolute Gasteiger partial charge is 0.494 e. The van der Waals surface area contributed by atoms with E-state index in [4.69, 9.17) is 15.5 Å². The number of benzene rings is 1. The lowest BCUT2D eigenvalue weighted by Gasteiger charge is -2.12. The summed E-state index contributed by atoms with van der Waals surface area (Å²) >= 11 is 0. The Morgan fingerprint density at radius 2 is 1.85 bits per heavy atom. The van der Waals surface area contributed by atoms with Crippen LogP contribution in [0.5, 0.6) is 5.75 Å². The average molecular weight is 273 g/mol. The smallest absolute Gasteiger partial charge is 0.131 e. The van der Waals surface area contributed by atoms with Gasteiger partial charge in [-0.25, -0.2) is 4.98 Å². The highest BCUT2D eigenvalue weighted by Crippen LogP contribution is 2.30. The van der Waals surface area contributed by atoms with Gasteiger partial charge in [-0.2, -0.15) is 0 Å². The molecule has 0 aliphatic carbocycles. The second-order valence-corrected chi connectivity index (χ2v) is 5.04. The van der Waals surface area contributed by atoms with E-state index in [0.717, 1.165) is 35.1 Å². The lowest BCUT2D eigenvalue weighted by molar-refractivity contribution is 0.340. The normalized spacial score (nSPS) is 11.1. The van der Waals surface area contributed by atoms with Gasteiger partial charge in [-0.15, -0.1) is 0 Å². The molecule has 0 spiro atoms. The van der Waals surface area contributed by atoms with E-state index >= 15 is 0 Å². The summed E-state index contributed by atoms with van der Waals surface area (Å²) in [6.45, 7) is 8.99. The number of rotatable bonds is 5. The quantitative estimate of drug-likeness (QED) is 0.904. The standard InChI is InChI=1S/C16H23N3O/c1-5-14-18-15(16(17)19(14)11(3)4)12-7-9-13(10-8-12)20-6-2/h7-11H,5-6,17H2,1-4H3. The molecule has 1 heterocycles. The zero-order valence-corrected chi connectivity index (χ0v) is 12.7. The molecule has 0 saturated heterocycles. The molecule has 1 aromatic heterocycles. The Kier molecular flexibility index (Phi) is 4.32. The van der Waals surface area contributed by atoms with Crippen LogP contribution in [0.3, 0.4) is 0 Å². The Balaban J connectivity index is 2.42. The zero-order chi connectivity index (χ0) is 14.7. The van der Waals surface area contributed by atoms with Crippen molar-refractivity contribution < 1.29 is 4.74 Å². The summed E-state index contributed by atoms with van der Waals surface area (Å²) in [5, 5.41) is 0.